The fourth-order valence-corrected chi connectivity index (χ4v) is 2.29. The molecule has 2 rings (SSSR count). The lowest BCUT2D eigenvalue weighted by atomic mass is 10.1. The quantitative estimate of drug-likeness (QED) is 0.583. The van der Waals surface area contributed by atoms with Crippen molar-refractivity contribution in [3.05, 3.63) is 0 Å². The van der Waals surface area contributed by atoms with E-state index in [2.05, 4.69) is 18.7 Å². The van der Waals surface area contributed by atoms with Crippen LogP contribution in [0.25, 0.3) is 0 Å². The lowest BCUT2D eigenvalue weighted by Gasteiger charge is -2.29. The van der Waals surface area contributed by atoms with Gasteiger partial charge in [0.1, 0.15) is 0 Å². The van der Waals surface area contributed by atoms with Crippen LogP contribution in [0.15, 0.2) is 0 Å². The van der Waals surface area contributed by atoms with Crippen molar-refractivity contribution in [2.45, 2.75) is 59.0 Å². The molecule has 2 fully saturated rings. The van der Waals surface area contributed by atoms with Gasteiger partial charge in [-0.3, -0.25) is 4.90 Å². The first-order valence-electron chi connectivity index (χ1n) is 5.55. The molecule has 2 aliphatic rings. The molecule has 12 heavy (non-hydrogen) atoms. The Kier molecular flexibility index (Phi) is 3.57. The molecule has 1 heteroatoms. The van der Waals surface area contributed by atoms with E-state index in [-0.39, 0.29) is 0 Å². The van der Waals surface area contributed by atoms with Gasteiger partial charge in [0, 0.05) is 12.1 Å². The first-order chi connectivity index (χ1) is 5.79. The fraction of sp³-hybridized carbons (Fsp3) is 1.00. The molecule has 0 aromatic rings. The van der Waals surface area contributed by atoms with Crippen LogP contribution in [0.3, 0.4) is 0 Å². The minimum atomic E-state index is 0.787. The van der Waals surface area contributed by atoms with E-state index >= 15 is 0 Å². The largest absolute Gasteiger partial charge is 0.298 e. The van der Waals surface area contributed by atoms with E-state index in [1.165, 1.54) is 25.8 Å². The molecule has 2 atom stereocenters. The average Bonchev–Trinajstić information content (AvgIpc) is 2.85. The van der Waals surface area contributed by atoms with Crippen LogP contribution in [0.2, 0.25) is 0 Å². The van der Waals surface area contributed by atoms with Crippen LogP contribution in [-0.2, 0) is 0 Å². The average molecular weight is 169 g/mol. The highest BCUT2D eigenvalue weighted by Crippen LogP contribution is 2.43. The molecule has 1 heterocycles. The van der Waals surface area contributed by atoms with E-state index in [9.17, 15) is 0 Å². The molecule has 1 saturated carbocycles. The van der Waals surface area contributed by atoms with Gasteiger partial charge in [0.05, 0.1) is 0 Å². The topological polar surface area (TPSA) is 3.24 Å². The second-order valence-corrected chi connectivity index (χ2v) is 4.04. The normalized spacial score (nSPS) is 33.8. The van der Waals surface area contributed by atoms with Crippen molar-refractivity contribution < 1.29 is 0 Å². The van der Waals surface area contributed by atoms with Crippen LogP contribution >= 0.6 is 0 Å². The maximum absolute atomic E-state index is 2.67. The Labute approximate surface area is 77.1 Å². The second-order valence-electron chi connectivity index (χ2n) is 4.04. The molecular weight excluding hydrogens is 146 g/mol. The number of hydrogen-bond acceptors (Lipinski definition) is 1. The van der Waals surface area contributed by atoms with Crippen LogP contribution < -0.4 is 0 Å². The van der Waals surface area contributed by atoms with Gasteiger partial charge < -0.3 is 0 Å². The number of rotatable bonds is 1. The zero-order valence-corrected chi connectivity index (χ0v) is 9.01. The Balaban J connectivity index is 0.000000336. The minimum absolute atomic E-state index is 0.787. The first kappa shape index (κ1) is 10.0. The highest BCUT2D eigenvalue weighted by Gasteiger charge is 2.44. The van der Waals surface area contributed by atoms with E-state index in [0.29, 0.717) is 0 Å². The van der Waals surface area contributed by atoms with Crippen molar-refractivity contribution in [1.82, 2.24) is 4.90 Å². The molecule has 0 bridgehead atoms. The van der Waals surface area contributed by atoms with E-state index in [1.54, 1.807) is 0 Å². The summed E-state index contributed by atoms with van der Waals surface area (Å²) >= 11 is 0. The lowest BCUT2D eigenvalue weighted by molar-refractivity contribution is 0.172. The maximum atomic E-state index is 2.67. The van der Waals surface area contributed by atoms with Gasteiger partial charge in [0.2, 0.25) is 0 Å². The third-order valence-electron chi connectivity index (χ3n) is 2.97. The summed E-state index contributed by atoms with van der Waals surface area (Å²) in [6, 6.07) is 1.78. The summed E-state index contributed by atoms with van der Waals surface area (Å²) in [4.78, 5) is 2.67. The third-order valence-corrected chi connectivity index (χ3v) is 2.97. The number of piperidine rings is 1. The number of likely N-dealkylation sites (tertiary alicyclic amines) is 1. The molecule has 1 aliphatic heterocycles. The molecule has 0 amide bonds. The SMILES string of the molecule is CC.CC(C)N1CCCC2CC21. The molecule has 1 nitrogen and oxygen atoms in total. The van der Waals surface area contributed by atoms with E-state index in [1.807, 2.05) is 13.8 Å². The van der Waals surface area contributed by atoms with Crippen LogP contribution in [-0.4, -0.2) is 23.5 Å². The maximum Gasteiger partial charge on any atom is 0.0130 e. The molecule has 2 unspecified atom stereocenters. The summed E-state index contributed by atoms with van der Waals surface area (Å²) in [7, 11) is 0. The molecule has 0 N–H and O–H groups in total. The van der Waals surface area contributed by atoms with Gasteiger partial charge in [-0.25, -0.2) is 0 Å². The summed E-state index contributed by atoms with van der Waals surface area (Å²) in [6.45, 7) is 10.0. The van der Waals surface area contributed by atoms with Crippen molar-refractivity contribution in [3.8, 4) is 0 Å². The monoisotopic (exact) mass is 169 g/mol. The zero-order chi connectivity index (χ0) is 9.14. The van der Waals surface area contributed by atoms with Gasteiger partial charge in [0.15, 0.2) is 0 Å². The van der Waals surface area contributed by atoms with Crippen LogP contribution in [0.4, 0.5) is 0 Å². The molecule has 0 aromatic carbocycles. The molecular formula is C11H23N. The lowest BCUT2D eigenvalue weighted by Crippen LogP contribution is -2.37. The summed E-state index contributed by atoms with van der Waals surface area (Å²) in [5.41, 5.74) is 0. The smallest absolute Gasteiger partial charge is 0.0130 e. The van der Waals surface area contributed by atoms with Crippen LogP contribution in [0, 0.1) is 5.92 Å². The zero-order valence-electron chi connectivity index (χ0n) is 9.01. The van der Waals surface area contributed by atoms with Crippen LogP contribution in [0.1, 0.15) is 47.0 Å². The highest BCUT2D eigenvalue weighted by atomic mass is 15.2. The standard InChI is InChI=1S/C9H17N.C2H6/c1-7(2)10-5-3-4-8-6-9(8)10;1-2/h7-9H,3-6H2,1-2H3;1-2H3. The predicted octanol–water partition coefficient (Wildman–Crippen LogP) is 2.91. The Morgan fingerprint density at radius 3 is 2.42 bits per heavy atom. The fourth-order valence-electron chi connectivity index (χ4n) is 2.29. The van der Waals surface area contributed by atoms with E-state index in [0.717, 1.165) is 18.0 Å². The van der Waals surface area contributed by atoms with Crippen LogP contribution in [0.5, 0.6) is 0 Å². The van der Waals surface area contributed by atoms with Gasteiger partial charge in [-0.1, -0.05) is 13.8 Å². The van der Waals surface area contributed by atoms with Crippen molar-refractivity contribution >= 4 is 0 Å². The Bertz CT molecular complexity index is 131. The van der Waals surface area contributed by atoms with Crippen molar-refractivity contribution in [2.75, 3.05) is 6.54 Å². The summed E-state index contributed by atoms with van der Waals surface area (Å²) in [6.07, 6.45) is 4.45. The minimum Gasteiger partial charge on any atom is -0.298 e. The van der Waals surface area contributed by atoms with Gasteiger partial charge in [0.25, 0.3) is 0 Å². The van der Waals surface area contributed by atoms with Gasteiger partial charge >= 0.3 is 0 Å². The molecule has 0 spiro atoms. The van der Waals surface area contributed by atoms with E-state index in [4.69, 9.17) is 0 Å². The molecule has 0 radical (unpaired) electrons. The molecule has 0 aromatic heterocycles. The third kappa shape index (κ3) is 2.01. The number of fused-ring (bicyclic) bond motifs is 1. The summed E-state index contributed by atoms with van der Waals surface area (Å²) in [5, 5.41) is 0. The predicted molar refractivity (Wildman–Crippen MR) is 54.3 cm³/mol. The highest BCUT2D eigenvalue weighted by molar-refractivity contribution is 4.98. The van der Waals surface area contributed by atoms with Gasteiger partial charge in [-0.15, -0.1) is 0 Å². The van der Waals surface area contributed by atoms with Gasteiger partial charge in [-0.05, 0) is 45.6 Å². The number of nitrogens with zero attached hydrogens (tertiary/aromatic N) is 1. The van der Waals surface area contributed by atoms with Crippen molar-refractivity contribution in [1.29, 1.82) is 0 Å². The molecule has 1 saturated heterocycles. The Morgan fingerprint density at radius 2 is 1.92 bits per heavy atom. The summed E-state index contributed by atoms with van der Waals surface area (Å²) < 4.78 is 0. The first-order valence-corrected chi connectivity index (χ1v) is 5.55. The Morgan fingerprint density at radius 1 is 1.25 bits per heavy atom. The molecule has 72 valence electrons. The van der Waals surface area contributed by atoms with Gasteiger partial charge in [-0.2, -0.15) is 0 Å². The van der Waals surface area contributed by atoms with Crippen molar-refractivity contribution in [2.24, 2.45) is 5.92 Å². The molecule has 1 aliphatic carbocycles. The Hall–Kier alpha value is -0.0400. The van der Waals surface area contributed by atoms with E-state index < -0.39 is 0 Å². The van der Waals surface area contributed by atoms with Crippen molar-refractivity contribution in [3.63, 3.8) is 0 Å². The summed E-state index contributed by atoms with van der Waals surface area (Å²) in [5.74, 6) is 1.09. The second kappa shape index (κ2) is 4.27. The number of hydrogen-bond donors (Lipinski definition) is 0.